The summed E-state index contributed by atoms with van der Waals surface area (Å²) in [6.07, 6.45) is -4.04. The first kappa shape index (κ1) is 24.9. The van der Waals surface area contributed by atoms with Gasteiger partial charge in [-0.3, -0.25) is 4.90 Å². The van der Waals surface area contributed by atoms with Gasteiger partial charge in [-0.15, -0.1) is 49.6 Å². The van der Waals surface area contributed by atoms with Gasteiger partial charge >= 0.3 is 6.18 Å². The lowest BCUT2D eigenvalue weighted by Crippen LogP contribution is -2.47. The molecule has 1 heterocycles. The molecular weight excluding hydrogens is 299 g/mol. The van der Waals surface area contributed by atoms with Crippen molar-refractivity contribution in [3.8, 4) is 0 Å². The van der Waals surface area contributed by atoms with Crippen LogP contribution < -0.4 is 5.32 Å². The Morgan fingerprint density at radius 3 is 1.67 bits per heavy atom. The van der Waals surface area contributed by atoms with E-state index in [-0.39, 0.29) is 49.6 Å². The summed E-state index contributed by atoms with van der Waals surface area (Å²) in [5.41, 5.74) is 0. The number of halogens is 7. The van der Waals surface area contributed by atoms with E-state index in [1.54, 1.807) is 0 Å². The van der Waals surface area contributed by atoms with Gasteiger partial charge in [0.15, 0.2) is 0 Å². The molecule has 0 aromatic rings. The van der Waals surface area contributed by atoms with Crippen LogP contribution in [0.5, 0.6) is 0 Å². The Kier molecular flexibility index (Phi) is 18.9. The molecule has 1 aliphatic heterocycles. The fourth-order valence-corrected chi connectivity index (χ4v) is 1.12. The summed E-state index contributed by atoms with van der Waals surface area (Å²) in [5, 5.41) is 2.99. The molecule has 0 amide bonds. The molecule has 0 aromatic carbocycles. The fourth-order valence-electron chi connectivity index (χ4n) is 1.12. The molecule has 1 N–H and O–H groups in total. The van der Waals surface area contributed by atoms with E-state index < -0.39 is 12.7 Å². The van der Waals surface area contributed by atoms with Gasteiger partial charge in [0.25, 0.3) is 0 Å². The van der Waals surface area contributed by atoms with E-state index in [0.717, 1.165) is 0 Å². The van der Waals surface area contributed by atoms with Crippen molar-refractivity contribution in [2.45, 2.75) is 6.18 Å². The molecule has 98 valence electrons. The molecule has 0 unspecified atom stereocenters. The maximum Gasteiger partial charge on any atom is 0.401 e. The Labute approximate surface area is 112 Å². The summed E-state index contributed by atoms with van der Waals surface area (Å²) >= 11 is 0. The third-order valence-corrected chi connectivity index (χ3v) is 1.61. The van der Waals surface area contributed by atoms with E-state index in [1.807, 2.05) is 0 Å². The molecule has 0 atom stereocenters. The molecular formula is C6H15Cl4F3N2. The minimum Gasteiger partial charge on any atom is -0.314 e. The third-order valence-electron chi connectivity index (χ3n) is 1.61. The molecule has 0 spiro atoms. The van der Waals surface area contributed by atoms with E-state index in [4.69, 9.17) is 0 Å². The molecule has 1 aliphatic rings. The maximum atomic E-state index is 11.8. The van der Waals surface area contributed by atoms with Crippen molar-refractivity contribution in [1.82, 2.24) is 10.2 Å². The molecule has 2 nitrogen and oxygen atoms in total. The number of rotatable bonds is 1. The van der Waals surface area contributed by atoms with Gasteiger partial charge in [-0.05, 0) is 0 Å². The molecule has 0 aromatic heterocycles. The first-order valence-electron chi connectivity index (χ1n) is 3.58. The Hall–Kier alpha value is 0.870. The van der Waals surface area contributed by atoms with Crippen LogP contribution in [0.1, 0.15) is 0 Å². The van der Waals surface area contributed by atoms with Crippen LogP contribution in [0.25, 0.3) is 0 Å². The molecule has 1 saturated heterocycles. The zero-order valence-electron chi connectivity index (χ0n) is 7.75. The molecule has 0 saturated carbocycles. The topological polar surface area (TPSA) is 15.3 Å². The highest BCUT2D eigenvalue weighted by atomic mass is 35.5. The van der Waals surface area contributed by atoms with Crippen molar-refractivity contribution < 1.29 is 13.2 Å². The molecule has 0 bridgehead atoms. The number of hydrogen-bond acceptors (Lipinski definition) is 2. The number of hydrogen-bond donors (Lipinski definition) is 1. The maximum absolute atomic E-state index is 11.8. The summed E-state index contributed by atoms with van der Waals surface area (Å²) in [4.78, 5) is 1.41. The predicted octanol–water partition coefficient (Wildman–Crippen LogP) is 2.14. The van der Waals surface area contributed by atoms with Gasteiger partial charge < -0.3 is 5.32 Å². The SMILES string of the molecule is Cl.Cl.Cl.Cl.FC(F)(F)CN1CCNCC1. The van der Waals surface area contributed by atoms with Crippen LogP contribution in [-0.4, -0.2) is 43.8 Å². The summed E-state index contributed by atoms with van der Waals surface area (Å²) in [6, 6.07) is 0. The number of alkyl halides is 3. The first-order chi connectivity index (χ1) is 5.08. The second-order valence-corrected chi connectivity index (χ2v) is 2.64. The van der Waals surface area contributed by atoms with Crippen LogP contribution in [-0.2, 0) is 0 Å². The summed E-state index contributed by atoms with van der Waals surface area (Å²) < 4.78 is 35.3. The lowest BCUT2D eigenvalue weighted by atomic mass is 10.3. The quantitative estimate of drug-likeness (QED) is 0.798. The minimum atomic E-state index is -4.04. The average Bonchev–Trinajstić information content (AvgIpc) is 1.85. The lowest BCUT2D eigenvalue weighted by Gasteiger charge is -2.27. The Balaban J connectivity index is -0.000000151. The Morgan fingerprint density at radius 2 is 1.33 bits per heavy atom. The molecule has 15 heavy (non-hydrogen) atoms. The van der Waals surface area contributed by atoms with E-state index in [2.05, 4.69) is 5.32 Å². The minimum absolute atomic E-state index is 0. The standard InChI is InChI=1S/C6H11F3N2.4ClH/c7-6(8,9)5-11-3-1-10-2-4-11;;;;/h10H,1-5H2;4*1H. The highest BCUT2D eigenvalue weighted by Crippen LogP contribution is 2.16. The van der Waals surface area contributed by atoms with Gasteiger partial charge in [0.2, 0.25) is 0 Å². The van der Waals surface area contributed by atoms with E-state index in [1.165, 1.54) is 4.90 Å². The fraction of sp³-hybridized carbons (Fsp3) is 1.00. The summed E-state index contributed by atoms with van der Waals surface area (Å²) in [7, 11) is 0. The van der Waals surface area contributed by atoms with Gasteiger partial charge in [0.1, 0.15) is 0 Å². The highest BCUT2D eigenvalue weighted by molar-refractivity contribution is 5.86. The van der Waals surface area contributed by atoms with Gasteiger partial charge in [-0.25, -0.2) is 0 Å². The summed E-state index contributed by atoms with van der Waals surface area (Å²) in [6.45, 7) is 1.56. The number of nitrogens with one attached hydrogen (secondary N) is 1. The monoisotopic (exact) mass is 312 g/mol. The molecule has 0 aliphatic carbocycles. The van der Waals surface area contributed by atoms with Crippen molar-refractivity contribution in [1.29, 1.82) is 0 Å². The zero-order valence-corrected chi connectivity index (χ0v) is 11.0. The predicted molar refractivity (Wildman–Crippen MR) is 64.4 cm³/mol. The van der Waals surface area contributed by atoms with Crippen molar-refractivity contribution in [2.75, 3.05) is 32.7 Å². The van der Waals surface area contributed by atoms with Gasteiger partial charge in [0, 0.05) is 26.2 Å². The molecule has 0 radical (unpaired) electrons. The zero-order chi connectivity index (χ0) is 8.32. The van der Waals surface area contributed by atoms with Crippen LogP contribution in [0.4, 0.5) is 13.2 Å². The number of nitrogens with zero attached hydrogens (tertiary/aromatic N) is 1. The van der Waals surface area contributed by atoms with Crippen LogP contribution >= 0.6 is 49.6 Å². The molecule has 1 fully saturated rings. The second kappa shape index (κ2) is 11.4. The smallest absolute Gasteiger partial charge is 0.314 e. The second-order valence-electron chi connectivity index (χ2n) is 2.64. The van der Waals surface area contributed by atoms with Crippen LogP contribution in [0.3, 0.4) is 0 Å². The lowest BCUT2D eigenvalue weighted by molar-refractivity contribution is -0.146. The van der Waals surface area contributed by atoms with E-state index in [9.17, 15) is 13.2 Å². The van der Waals surface area contributed by atoms with Crippen molar-refractivity contribution >= 4 is 49.6 Å². The van der Waals surface area contributed by atoms with Crippen LogP contribution in [0.15, 0.2) is 0 Å². The van der Waals surface area contributed by atoms with Gasteiger partial charge in [-0.2, -0.15) is 13.2 Å². The van der Waals surface area contributed by atoms with E-state index in [0.29, 0.717) is 26.2 Å². The Bertz CT molecular complexity index is 130. The summed E-state index contributed by atoms with van der Waals surface area (Å²) in [5.74, 6) is 0. The Morgan fingerprint density at radius 1 is 0.933 bits per heavy atom. The third kappa shape index (κ3) is 12.8. The van der Waals surface area contributed by atoms with Crippen molar-refractivity contribution in [2.24, 2.45) is 0 Å². The average molecular weight is 314 g/mol. The van der Waals surface area contributed by atoms with Crippen molar-refractivity contribution in [3.05, 3.63) is 0 Å². The van der Waals surface area contributed by atoms with Gasteiger partial charge in [-0.1, -0.05) is 0 Å². The number of piperazine rings is 1. The van der Waals surface area contributed by atoms with Crippen molar-refractivity contribution in [3.63, 3.8) is 0 Å². The largest absolute Gasteiger partial charge is 0.401 e. The van der Waals surface area contributed by atoms with Crippen LogP contribution in [0.2, 0.25) is 0 Å². The van der Waals surface area contributed by atoms with E-state index >= 15 is 0 Å². The highest BCUT2D eigenvalue weighted by Gasteiger charge is 2.30. The van der Waals surface area contributed by atoms with Gasteiger partial charge in [0.05, 0.1) is 6.54 Å². The molecule has 1 rings (SSSR count). The first-order valence-corrected chi connectivity index (χ1v) is 3.58. The van der Waals surface area contributed by atoms with Crippen LogP contribution in [0, 0.1) is 0 Å². The molecule has 9 heteroatoms. The normalized spacial score (nSPS) is 16.2.